The Hall–Kier alpha value is -1.60. The normalized spacial score (nSPS) is 10.9. The molecule has 0 saturated carbocycles. The highest BCUT2D eigenvalue weighted by Gasteiger charge is 2.19. The van der Waals surface area contributed by atoms with Crippen molar-refractivity contribution in [2.24, 2.45) is 0 Å². The molecule has 114 valence electrons. The molecule has 4 N–H and O–H groups in total. The summed E-state index contributed by atoms with van der Waals surface area (Å²) >= 11 is 2.99. The third-order valence-electron chi connectivity index (χ3n) is 2.85. The van der Waals surface area contributed by atoms with Crippen LogP contribution in [0.5, 0.6) is 0 Å². The van der Waals surface area contributed by atoms with E-state index in [1.807, 2.05) is 13.8 Å². The molecule has 5 nitrogen and oxygen atoms in total. The first kappa shape index (κ1) is 15.8. The highest BCUT2D eigenvalue weighted by Crippen LogP contribution is 2.28. The van der Waals surface area contributed by atoms with E-state index in [1.54, 1.807) is 11.3 Å². The van der Waals surface area contributed by atoms with Gasteiger partial charge in [0.25, 0.3) is 5.91 Å². The monoisotopic (exact) mass is 324 g/mol. The van der Waals surface area contributed by atoms with Crippen molar-refractivity contribution in [1.82, 2.24) is 9.69 Å². The third-order valence-corrected chi connectivity index (χ3v) is 4.90. The highest BCUT2D eigenvalue weighted by molar-refractivity contribution is 7.12. The van der Waals surface area contributed by atoms with Crippen LogP contribution in [0.15, 0.2) is 12.1 Å². The van der Waals surface area contributed by atoms with Gasteiger partial charge in [-0.15, -0.1) is 11.3 Å². The van der Waals surface area contributed by atoms with E-state index >= 15 is 0 Å². The number of carbonyl (C=O) groups is 1. The number of nitrogens with zero attached hydrogens (tertiary/aromatic N) is 1. The highest BCUT2D eigenvalue weighted by atomic mass is 32.1. The van der Waals surface area contributed by atoms with Crippen LogP contribution in [0.1, 0.15) is 40.9 Å². The maximum atomic E-state index is 12.2. The molecule has 0 aromatic carbocycles. The summed E-state index contributed by atoms with van der Waals surface area (Å²) in [5.41, 5.74) is 6.26. The second-order valence-electron chi connectivity index (χ2n) is 4.98. The molecule has 0 bridgehead atoms. The largest absolute Gasteiger partial charge is 0.382 e. The maximum Gasteiger partial charge on any atom is 0.258 e. The van der Waals surface area contributed by atoms with Crippen LogP contribution in [0.25, 0.3) is 0 Å². The smallest absolute Gasteiger partial charge is 0.258 e. The Morgan fingerprint density at radius 3 is 2.71 bits per heavy atom. The van der Waals surface area contributed by atoms with E-state index in [2.05, 4.69) is 34.1 Å². The van der Waals surface area contributed by atoms with Crippen molar-refractivity contribution in [1.29, 1.82) is 0 Å². The van der Waals surface area contributed by atoms with Gasteiger partial charge < -0.3 is 16.4 Å². The molecule has 2 aromatic rings. The van der Waals surface area contributed by atoms with Gasteiger partial charge in [0.15, 0.2) is 5.82 Å². The summed E-state index contributed by atoms with van der Waals surface area (Å²) in [6, 6.07) is 4.30. The molecule has 2 heterocycles. The first-order valence-electron chi connectivity index (χ1n) is 6.88. The number of thiophene rings is 1. The molecule has 21 heavy (non-hydrogen) atoms. The lowest BCUT2D eigenvalue weighted by atomic mass is 10.2. The Bertz CT molecular complexity index is 618. The van der Waals surface area contributed by atoms with Gasteiger partial charge in [-0.3, -0.25) is 4.79 Å². The molecular formula is C14H20N4OS2. The van der Waals surface area contributed by atoms with Gasteiger partial charge in [-0.2, -0.15) is 4.37 Å². The lowest BCUT2D eigenvalue weighted by Gasteiger charge is -2.09. The summed E-state index contributed by atoms with van der Waals surface area (Å²) in [6.45, 7) is 6.65. The fraction of sp³-hybridized carbons (Fsp3) is 0.429. The van der Waals surface area contributed by atoms with E-state index in [0.29, 0.717) is 12.1 Å². The van der Waals surface area contributed by atoms with Crippen LogP contribution in [-0.4, -0.2) is 16.3 Å². The van der Waals surface area contributed by atoms with E-state index in [0.717, 1.165) is 11.4 Å². The van der Waals surface area contributed by atoms with Crippen molar-refractivity contribution in [2.45, 2.75) is 39.8 Å². The van der Waals surface area contributed by atoms with E-state index in [4.69, 9.17) is 5.73 Å². The molecule has 0 spiro atoms. The minimum Gasteiger partial charge on any atom is -0.382 e. The van der Waals surface area contributed by atoms with Gasteiger partial charge >= 0.3 is 0 Å². The molecule has 0 unspecified atom stereocenters. The standard InChI is InChI=1S/C14H20N4OS2/c1-4-9-5-6-10(20-9)7-16-14-11(12(15)18-21-14)13(19)17-8(2)3/h5-6,8,16H,4,7H2,1-3H3,(H2,15,18)(H,17,19). The summed E-state index contributed by atoms with van der Waals surface area (Å²) in [7, 11) is 0. The molecule has 0 aliphatic heterocycles. The van der Waals surface area contributed by atoms with E-state index < -0.39 is 0 Å². The number of anilines is 2. The van der Waals surface area contributed by atoms with Gasteiger partial charge in [0.1, 0.15) is 10.6 Å². The molecule has 0 aliphatic carbocycles. The van der Waals surface area contributed by atoms with Crippen LogP contribution >= 0.6 is 22.9 Å². The molecule has 1 amide bonds. The minimum absolute atomic E-state index is 0.0639. The number of nitrogens with two attached hydrogens (primary N) is 1. The van der Waals surface area contributed by atoms with Gasteiger partial charge in [0.05, 0.1) is 6.54 Å². The Balaban J connectivity index is 2.08. The first-order chi connectivity index (χ1) is 10.0. The van der Waals surface area contributed by atoms with Crippen molar-refractivity contribution >= 4 is 39.6 Å². The summed E-state index contributed by atoms with van der Waals surface area (Å²) in [5.74, 6) is 0.0975. The third kappa shape index (κ3) is 3.95. The number of amides is 1. The second-order valence-corrected chi connectivity index (χ2v) is 7.00. The average Bonchev–Trinajstić information content (AvgIpc) is 3.01. The Morgan fingerprint density at radius 1 is 1.38 bits per heavy atom. The number of nitrogen functional groups attached to an aromatic ring is 1. The van der Waals surface area contributed by atoms with Crippen LogP contribution in [0.2, 0.25) is 0 Å². The topological polar surface area (TPSA) is 80.0 Å². The molecule has 7 heteroatoms. The maximum absolute atomic E-state index is 12.2. The SMILES string of the molecule is CCc1ccc(CNc2snc(N)c2C(=O)NC(C)C)s1. The second kappa shape index (κ2) is 6.91. The lowest BCUT2D eigenvalue weighted by molar-refractivity contribution is 0.0945. The van der Waals surface area contributed by atoms with E-state index in [1.165, 1.54) is 21.3 Å². The van der Waals surface area contributed by atoms with Gasteiger partial charge in [0, 0.05) is 15.8 Å². The Labute approximate surface area is 132 Å². The molecule has 0 radical (unpaired) electrons. The van der Waals surface area contributed by atoms with Crippen molar-refractivity contribution in [3.63, 3.8) is 0 Å². The van der Waals surface area contributed by atoms with E-state index in [-0.39, 0.29) is 17.8 Å². The molecule has 2 aromatic heterocycles. The summed E-state index contributed by atoms with van der Waals surface area (Å²) in [5, 5.41) is 6.84. The molecule has 0 aliphatic rings. The minimum atomic E-state index is -0.181. The van der Waals surface area contributed by atoms with E-state index in [9.17, 15) is 4.79 Å². The van der Waals surface area contributed by atoms with Crippen LogP contribution in [0, 0.1) is 0 Å². The fourth-order valence-corrected chi connectivity index (χ4v) is 3.46. The van der Waals surface area contributed by atoms with Crippen LogP contribution in [0.3, 0.4) is 0 Å². The molecular weight excluding hydrogens is 304 g/mol. The number of hydrogen-bond donors (Lipinski definition) is 3. The Kier molecular flexibility index (Phi) is 5.19. The first-order valence-corrected chi connectivity index (χ1v) is 8.47. The molecule has 0 fully saturated rings. The number of hydrogen-bond acceptors (Lipinski definition) is 6. The average molecular weight is 324 g/mol. The molecule has 0 saturated heterocycles. The van der Waals surface area contributed by atoms with Crippen LogP contribution < -0.4 is 16.4 Å². The molecule has 0 atom stereocenters. The van der Waals surface area contributed by atoms with Crippen molar-refractivity contribution in [3.8, 4) is 0 Å². The number of aryl methyl sites for hydroxylation is 1. The summed E-state index contributed by atoms with van der Waals surface area (Å²) in [4.78, 5) is 14.7. The zero-order valence-electron chi connectivity index (χ0n) is 12.4. The predicted octanol–water partition coefficient (Wildman–Crippen LogP) is 3.10. The quantitative estimate of drug-likeness (QED) is 0.763. The number of nitrogens with one attached hydrogen (secondary N) is 2. The van der Waals surface area contributed by atoms with Gasteiger partial charge in [-0.05, 0) is 43.9 Å². The summed E-state index contributed by atoms with van der Waals surface area (Å²) in [6.07, 6.45) is 1.04. The number of aromatic nitrogens is 1. The van der Waals surface area contributed by atoms with Gasteiger partial charge in [-0.1, -0.05) is 6.92 Å². The fourth-order valence-electron chi connectivity index (χ4n) is 1.85. The zero-order valence-corrected chi connectivity index (χ0v) is 14.0. The van der Waals surface area contributed by atoms with Gasteiger partial charge in [0.2, 0.25) is 0 Å². The lowest BCUT2D eigenvalue weighted by Crippen LogP contribution is -2.30. The van der Waals surface area contributed by atoms with Crippen LogP contribution in [0.4, 0.5) is 10.8 Å². The van der Waals surface area contributed by atoms with Crippen LogP contribution in [-0.2, 0) is 13.0 Å². The predicted molar refractivity (Wildman–Crippen MR) is 90.2 cm³/mol. The number of carbonyl (C=O) groups excluding carboxylic acids is 1. The van der Waals surface area contributed by atoms with Crippen molar-refractivity contribution < 1.29 is 4.79 Å². The van der Waals surface area contributed by atoms with Crippen molar-refractivity contribution in [3.05, 3.63) is 27.5 Å². The van der Waals surface area contributed by atoms with Crippen molar-refractivity contribution in [2.75, 3.05) is 11.1 Å². The molecule has 2 rings (SSSR count). The van der Waals surface area contributed by atoms with Gasteiger partial charge in [-0.25, -0.2) is 0 Å². The zero-order chi connectivity index (χ0) is 15.4. The summed E-state index contributed by atoms with van der Waals surface area (Å²) < 4.78 is 4.08. The number of rotatable bonds is 6. The Morgan fingerprint density at radius 2 is 2.10 bits per heavy atom.